The van der Waals surface area contributed by atoms with Crippen LogP contribution in [0.4, 0.5) is 0 Å². The van der Waals surface area contributed by atoms with E-state index in [0.29, 0.717) is 0 Å². The second-order valence-electron chi connectivity index (χ2n) is 3.70. The van der Waals surface area contributed by atoms with Crippen molar-refractivity contribution in [2.24, 2.45) is 11.8 Å². The van der Waals surface area contributed by atoms with Crippen LogP contribution in [0.3, 0.4) is 0 Å². The minimum atomic E-state index is 0.824. The van der Waals surface area contributed by atoms with E-state index in [4.69, 9.17) is 0 Å². The van der Waals surface area contributed by atoms with Crippen molar-refractivity contribution in [3.63, 3.8) is 0 Å². The van der Waals surface area contributed by atoms with Crippen LogP contribution in [0.25, 0.3) is 0 Å². The maximum atomic E-state index is 2.35. The first-order valence-electron chi connectivity index (χ1n) is 4.75. The summed E-state index contributed by atoms with van der Waals surface area (Å²) < 4.78 is 0. The van der Waals surface area contributed by atoms with Gasteiger partial charge in [0.05, 0.1) is 0 Å². The number of rotatable bonds is 4. The molecule has 12 heavy (non-hydrogen) atoms. The van der Waals surface area contributed by atoms with Gasteiger partial charge in [0.25, 0.3) is 0 Å². The summed E-state index contributed by atoms with van der Waals surface area (Å²) in [5.41, 5.74) is 1.51. The second-order valence-corrected chi connectivity index (χ2v) is 4.48. The van der Waals surface area contributed by atoms with E-state index in [2.05, 4.69) is 37.6 Å². The maximum absolute atomic E-state index is 2.35. The molecule has 1 aromatic heterocycles. The van der Waals surface area contributed by atoms with Crippen LogP contribution in [0.5, 0.6) is 0 Å². The molecule has 0 aromatic carbocycles. The normalized spacial score (nSPS) is 15.9. The lowest BCUT2D eigenvalue weighted by Crippen LogP contribution is -2.09. The van der Waals surface area contributed by atoms with Gasteiger partial charge in [-0.25, -0.2) is 0 Å². The Balaban J connectivity index is 2.41. The smallest absolute Gasteiger partial charge is 0.00612 e. The molecule has 0 saturated heterocycles. The van der Waals surface area contributed by atoms with Gasteiger partial charge in [0, 0.05) is 0 Å². The summed E-state index contributed by atoms with van der Waals surface area (Å²) in [4.78, 5) is 0. The molecule has 0 spiro atoms. The second kappa shape index (κ2) is 4.66. The van der Waals surface area contributed by atoms with Gasteiger partial charge in [-0.3, -0.25) is 0 Å². The molecule has 0 aliphatic rings. The van der Waals surface area contributed by atoms with E-state index in [-0.39, 0.29) is 0 Å². The third-order valence-electron chi connectivity index (χ3n) is 2.75. The predicted molar refractivity (Wildman–Crippen MR) is 56.6 cm³/mol. The summed E-state index contributed by atoms with van der Waals surface area (Å²) in [6.07, 6.45) is 2.55. The van der Waals surface area contributed by atoms with Gasteiger partial charge < -0.3 is 0 Å². The van der Waals surface area contributed by atoms with Gasteiger partial charge in [-0.05, 0) is 40.6 Å². The monoisotopic (exact) mass is 182 g/mol. The highest BCUT2D eigenvalue weighted by Crippen LogP contribution is 2.20. The summed E-state index contributed by atoms with van der Waals surface area (Å²) in [5.74, 6) is 1.68. The Morgan fingerprint density at radius 2 is 2.08 bits per heavy atom. The SMILES string of the molecule is CCC(C)C(C)Cc1ccsc1. The first-order chi connectivity index (χ1) is 5.74. The van der Waals surface area contributed by atoms with Crippen LogP contribution in [0.1, 0.15) is 32.8 Å². The molecule has 0 bridgehead atoms. The van der Waals surface area contributed by atoms with Crippen LogP contribution < -0.4 is 0 Å². The Kier molecular flexibility index (Phi) is 3.80. The van der Waals surface area contributed by atoms with Gasteiger partial charge in [-0.15, -0.1) is 0 Å². The first kappa shape index (κ1) is 9.79. The molecule has 1 aromatic rings. The summed E-state index contributed by atoms with van der Waals surface area (Å²) in [6.45, 7) is 6.97. The predicted octanol–water partition coefficient (Wildman–Crippen LogP) is 3.97. The maximum Gasteiger partial charge on any atom is -0.00612 e. The van der Waals surface area contributed by atoms with Gasteiger partial charge in [-0.1, -0.05) is 27.2 Å². The summed E-state index contributed by atoms with van der Waals surface area (Å²) in [7, 11) is 0. The average molecular weight is 182 g/mol. The molecule has 2 atom stereocenters. The van der Waals surface area contributed by atoms with Crippen LogP contribution in [-0.4, -0.2) is 0 Å². The van der Waals surface area contributed by atoms with Gasteiger partial charge in [0.2, 0.25) is 0 Å². The van der Waals surface area contributed by atoms with Gasteiger partial charge >= 0.3 is 0 Å². The van der Waals surface area contributed by atoms with Crippen molar-refractivity contribution in [1.29, 1.82) is 0 Å². The van der Waals surface area contributed by atoms with E-state index in [0.717, 1.165) is 11.8 Å². The third-order valence-corrected chi connectivity index (χ3v) is 3.49. The highest BCUT2D eigenvalue weighted by atomic mass is 32.1. The Morgan fingerprint density at radius 3 is 2.58 bits per heavy atom. The molecule has 0 saturated carbocycles. The fraction of sp³-hybridized carbons (Fsp3) is 0.636. The molecule has 0 aliphatic heterocycles. The lowest BCUT2D eigenvalue weighted by Gasteiger charge is -2.17. The Bertz CT molecular complexity index is 201. The minimum absolute atomic E-state index is 0.824. The Labute approximate surface area is 79.6 Å². The Hall–Kier alpha value is -0.300. The number of hydrogen-bond donors (Lipinski definition) is 0. The first-order valence-corrected chi connectivity index (χ1v) is 5.69. The fourth-order valence-electron chi connectivity index (χ4n) is 1.38. The van der Waals surface area contributed by atoms with E-state index in [1.54, 1.807) is 11.3 Å². The van der Waals surface area contributed by atoms with Crippen LogP contribution in [0.15, 0.2) is 16.8 Å². The zero-order valence-corrected chi connectivity index (χ0v) is 9.03. The number of thiophene rings is 1. The molecule has 0 radical (unpaired) electrons. The van der Waals surface area contributed by atoms with E-state index >= 15 is 0 Å². The van der Waals surface area contributed by atoms with E-state index in [1.165, 1.54) is 18.4 Å². The molecule has 1 heteroatoms. The highest BCUT2D eigenvalue weighted by Gasteiger charge is 2.10. The van der Waals surface area contributed by atoms with E-state index in [1.807, 2.05) is 0 Å². The van der Waals surface area contributed by atoms with E-state index in [9.17, 15) is 0 Å². The molecular weight excluding hydrogens is 164 g/mol. The zero-order valence-electron chi connectivity index (χ0n) is 8.21. The molecule has 0 nitrogen and oxygen atoms in total. The largest absolute Gasteiger partial charge is 0.152 e. The molecular formula is C11H18S. The lowest BCUT2D eigenvalue weighted by molar-refractivity contribution is 0.375. The fourth-order valence-corrected chi connectivity index (χ4v) is 2.07. The van der Waals surface area contributed by atoms with Crippen molar-refractivity contribution in [2.45, 2.75) is 33.6 Å². The minimum Gasteiger partial charge on any atom is -0.152 e. The molecule has 2 unspecified atom stereocenters. The van der Waals surface area contributed by atoms with Crippen molar-refractivity contribution in [3.05, 3.63) is 22.4 Å². The van der Waals surface area contributed by atoms with Crippen molar-refractivity contribution < 1.29 is 0 Å². The molecule has 1 rings (SSSR count). The highest BCUT2D eigenvalue weighted by molar-refractivity contribution is 7.07. The average Bonchev–Trinajstić information content (AvgIpc) is 2.55. The van der Waals surface area contributed by atoms with Crippen molar-refractivity contribution in [3.8, 4) is 0 Å². The van der Waals surface area contributed by atoms with E-state index < -0.39 is 0 Å². The van der Waals surface area contributed by atoms with Crippen LogP contribution in [-0.2, 0) is 6.42 Å². The summed E-state index contributed by atoms with van der Waals surface area (Å²) in [5, 5.41) is 4.43. The number of hydrogen-bond acceptors (Lipinski definition) is 1. The van der Waals surface area contributed by atoms with Crippen molar-refractivity contribution >= 4 is 11.3 Å². The van der Waals surface area contributed by atoms with Gasteiger partial charge in [0.1, 0.15) is 0 Å². The zero-order chi connectivity index (χ0) is 8.97. The summed E-state index contributed by atoms with van der Waals surface area (Å²) in [6, 6.07) is 2.24. The lowest BCUT2D eigenvalue weighted by atomic mass is 9.89. The summed E-state index contributed by atoms with van der Waals surface area (Å²) >= 11 is 1.80. The van der Waals surface area contributed by atoms with Gasteiger partial charge in [-0.2, -0.15) is 11.3 Å². The van der Waals surface area contributed by atoms with Crippen LogP contribution in [0.2, 0.25) is 0 Å². The standard InChI is InChI=1S/C11H18S/c1-4-9(2)10(3)7-11-5-6-12-8-11/h5-6,8-10H,4,7H2,1-3H3. The molecule has 68 valence electrons. The molecule has 0 amide bonds. The van der Waals surface area contributed by atoms with Crippen LogP contribution >= 0.6 is 11.3 Å². The molecule has 1 heterocycles. The molecule has 0 fully saturated rings. The Morgan fingerprint density at radius 1 is 1.33 bits per heavy atom. The third kappa shape index (κ3) is 2.63. The van der Waals surface area contributed by atoms with Gasteiger partial charge in [0.15, 0.2) is 0 Å². The topological polar surface area (TPSA) is 0 Å². The van der Waals surface area contributed by atoms with Crippen molar-refractivity contribution in [1.82, 2.24) is 0 Å². The molecule has 0 aliphatic carbocycles. The molecule has 0 N–H and O–H groups in total. The van der Waals surface area contributed by atoms with Crippen molar-refractivity contribution in [2.75, 3.05) is 0 Å². The quantitative estimate of drug-likeness (QED) is 0.661. The van der Waals surface area contributed by atoms with Crippen LogP contribution in [0, 0.1) is 11.8 Å².